The van der Waals surface area contributed by atoms with Crippen molar-refractivity contribution in [3.05, 3.63) is 77.9 Å². The molecule has 0 saturated carbocycles. The number of ether oxygens (including phenoxy) is 3. The Morgan fingerprint density at radius 3 is 2.26 bits per heavy atom. The summed E-state index contributed by atoms with van der Waals surface area (Å²) in [4.78, 5) is 5.75. The largest absolute Gasteiger partial charge is 0.493 e. The van der Waals surface area contributed by atoms with E-state index in [4.69, 9.17) is 14.2 Å². The van der Waals surface area contributed by atoms with Gasteiger partial charge in [0.2, 0.25) is 0 Å². The average Bonchev–Trinajstić information content (AvgIpc) is 3.32. The lowest BCUT2D eigenvalue weighted by molar-refractivity contribution is 0.00936. The third kappa shape index (κ3) is 8.62. The fourth-order valence-electron chi connectivity index (χ4n) is 3.44. The fourth-order valence-corrected chi connectivity index (χ4v) is 3.44. The summed E-state index contributed by atoms with van der Waals surface area (Å²) in [7, 11) is 4.34. The summed E-state index contributed by atoms with van der Waals surface area (Å²) in [5.41, 5.74) is 2.67. The number of allylic oxidation sites excluding steroid dienone is 4. The molecule has 10 heteroatoms. The summed E-state index contributed by atoms with van der Waals surface area (Å²) < 4.78 is 48.2. The third-order valence-corrected chi connectivity index (χ3v) is 5.56. The molecule has 0 aliphatic rings. The summed E-state index contributed by atoms with van der Waals surface area (Å²) in [6.07, 6.45) is 7.13. The van der Waals surface area contributed by atoms with Gasteiger partial charge in [0.15, 0.2) is 23.1 Å². The van der Waals surface area contributed by atoms with Gasteiger partial charge in [0.05, 0.1) is 51.5 Å². The van der Waals surface area contributed by atoms with E-state index in [-0.39, 0.29) is 36.5 Å². The maximum Gasteiger partial charge on any atom is 0.191 e. The lowest BCUT2D eigenvalue weighted by atomic mass is 10.1. The van der Waals surface area contributed by atoms with Crippen molar-refractivity contribution in [3.63, 3.8) is 0 Å². The van der Waals surface area contributed by atoms with Crippen LogP contribution in [0.3, 0.4) is 0 Å². The highest BCUT2D eigenvalue weighted by molar-refractivity contribution is 6.09. The Morgan fingerprint density at radius 2 is 1.77 bits per heavy atom. The van der Waals surface area contributed by atoms with Crippen LogP contribution in [0.15, 0.2) is 65.7 Å². The first-order valence-corrected chi connectivity index (χ1v) is 12.3. The smallest absolute Gasteiger partial charge is 0.191 e. The third-order valence-electron chi connectivity index (χ3n) is 5.56. The van der Waals surface area contributed by atoms with Crippen molar-refractivity contribution in [2.45, 2.75) is 39.9 Å². The molecule has 8 nitrogen and oxygen atoms in total. The minimum Gasteiger partial charge on any atom is -0.493 e. The number of hydrogen-bond acceptors (Lipinski definition) is 7. The van der Waals surface area contributed by atoms with Crippen LogP contribution < -0.4 is 14.4 Å². The van der Waals surface area contributed by atoms with Crippen LogP contribution in [0.25, 0.3) is 5.57 Å². The number of aliphatic hydroxyl groups is 1. The van der Waals surface area contributed by atoms with Gasteiger partial charge in [0.25, 0.3) is 0 Å². The Balaban J connectivity index is 2.45. The number of nitrogens with zero attached hydrogens (tertiary/aromatic N) is 4. The minimum absolute atomic E-state index is 0.0462. The van der Waals surface area contributed by atoms with Crippen LogP contribution in [0.5, 0.6) is 11.5 Å². The average molecular weight is 545 g/mol. The summed E-state index contributed by atoms with van der Waals surface area (Å²) in [6, 6.07) is 1.12. The quantitative estimate of drug-likeness (QED) is 0.251. The van der Waals surface area contributed by atoms with E-state index in [2.05, 4.69) is 23.2 Å². The Hall–Kier alpha value is -3.76. The fraction of sp³-hybridized carbons (Fsp3) is 0.379. The van der Waals surface area contributed by atoms with Crippen LogP contribution >= 0.6 is 0 Å². The number of hydrogen-bond donors (Lipinski definition) is 1. The van der Waals surface area contributed by atoms with Gasteiger partial charge in [-0.25, -0.2) is 8.78 Å². The van der Waals surface area contributed by atoms with Gasteiger partial charge < -0.3 is 24.2 Å². The van der Waals surface area contributed by atoms with E-state index >= 15 is 8.78 Å². The zero-order valence-electron chi connectivity index (χ0n) is 23.7. The first kappa shape index (κ1) is 31.5. The molecular weight excluding hydrogens is 506 g/mol. The molecule has 1 unspecified atom stereocenters. The van der Waals surface area contributed by atoms with Gasteiger partial charge in [-0.2, -0.15) is 5.10 Å². The predicted molar refractivity (Wildman–Crippen MR) is 151 cm³/mol. The monoisotopic (exact) mass is 544 g/mol. The molecular formula is C29H38F2N4O4. The van der Waals surface area contributed by atoms with Gasteiger partial charge in [-0.1, -0.05) is 18.7 Å². The van der Waals surface area contributed by atoms with Crippen LogP contribution in [0.4, 0.5) is 14.5 Å². The van der Waals surface area contributed by atoms with Crippen molar-refractivity contribution in [3.8, 4) is 11.5 Å². The molecule has 0 saturated heterocycles. The zero-order chi connectivity index (χ0) is 29.3. The number of aliphatic hydroxyl groups excluding tert-OH is 1. The van der Waals surface area contributed by atoms with Crippen molar-refractivity contribution >= 4 is 17.5 Å². The second-order valence-corrected chi connectivity index (χ2v) is 9.30. The topological polar surface area (TPSA) is 81.3 Å². The Labute approximate surface area is 229 Å². The molecule has 2 aromatic rings. The van der Waals surface area contributed by atoms with E-state index in [0.717, 1.165) is 17.2 Å². The van der Waals surface area contributed by atoms with Gasteiger partial charge in [0, 0.05) is 36.8 Å². The van der Waals surface area contributed by atoms with Gasteiger partial charge in [-0.3, -0.25) is 9.67 Å². The molecule has 1 aromatic heterocycles. The Bertz CT molecular complexity index is 1230. The minimum atomic E-state index is -1.09. The van der Waals surface area contributed by atoms with Crippen molar-refractivity contribution in [1.29, 1.82) is 0 Å². The number of rotatable bonds is 14. The van der Waals surface area contributed by atoms with Crippen LogP contribution in [0.2, 0.25) is 0 Å². The van der Waals surface area contributed by atoms with E-state index in [1.807, 2.05) is 40.9 Å². The van der Waals surface area contributed by atoms with E-state index in [1.54, 1.807) is 29.2 Å². The van der Waals surface area contributed by atoms with Crippen molar-refractivity contribution in [2.75, 3.05) is 32.3 Å². The molecule has 0 radical (unpaired) electrons. The molecule has 1 atom stereocenters. The second-order valence-electron chi connectivity index (χ2n) is 9.30. The molecule has 212 valence electrons. The van der Waals surface area contributed by atoms with Crippen LogP contribution in [0, 0.1) is 11.6 Å². The highest BCUT2D eigenvalue weighted by Gasteiger charge is 2.27. The van der Waals surface area contributed by atoms with Gasteiger partial charge >= 0.3 is 0 Å². The highest BCUT2D eigenvalue weighted by atomic mass is 19.1. The SMILES string of the molecule is C=C(/C=N\C(/C=C\C(=C)N(CC(O)COC(C)C)c1c(F)c(OC)cc(OC)c1F)=C(C)C)c1cnn(C)c1. The van der Waals surface area contributed by atoms with Crippen molar-refractivity contribution in [1.82, 2.24) is 9.78 Å². The Morgan fingerprint density at radius 1 is 1.15 bits per heavy atom. The molecule has 0 spiro atoms. The number of halogens is 2. The normalized spacial score (nSPS) is 12.3. The number of aryl methyl sites for hydroxylation is 1. The summed E-state index contributed by atoms with van der Waals surface area (Å²) >= 11 is 0. The van der Waals surface area contributed by atoms with E-state index in [9.17, 15) is 5.11 Å². The number of anilines is 1. The molecule has 0 aliphatic carbocycles. The first-order chi connectivity index (χ1) is 18.4. The lowest BCUT2D eigenvalue weighted by Gasteiger charge is -2.29. The first-order valence-electron chi connectivity index (χ1n) is 12.3. The number of methoxy groups -OCH3 is 2. The second kappa shape index (κ2) is 14.4. The standard InChI is InChI=1S/C29H38F2N4O4/c1-18(2)24(32-13-20(5)22-14-33-34(7)15-22)11-10-21(6)35(16-23(36)17-39-19(3)4)29-27(30)25(37-8)12-26(38-9)28(29)31/h10-15,19,23,36H,5-6,16-17H2,1-4,7-9H3/b11-10-,32-13-. The van der Waals surface area contributed by atoms with Crippen LogP contribution in [-0.2, 0) is 11.8 Å². The maximum absolute atomic E-state index is 15.4. The highest BCUT2D eigenvalue weighted by Crippen LogP contribution is 2.38. The lowest BCUT2D eigenvalue weighted by Crippen LogP contribution is -2.35. The summed E-state index contributed by atoms with van der Waals surface area (Å²) in [5, 5.41) is 14.8. The van der Waals surface area contributed by atoms with Crippen LogP contribution in [0.1, 0.15) is 33.3 Å². The molecule has 1 heterocycles. The van der Waals surface area contributed by atoms with Gasteiger partial charge in [0.1, 0.15) is 5.69 Å². The van der Waals surface area contributed by atoms with Gasteiger partial charge in [-0.05, 0) is 45.4 Å². The molecule has 1 aromatic carbocycles. The Kier molecular flexibility index (Phi) is 11.6. The predicted octanol–water partition coefficient (Wildman–Crippen LogP) is 5.46. The molecule has 39 heavy (non-hydrogen) atoms. The van der Waals surface area contributed by atoms with Crippen LogP contribution in [-0.4, -0.2) is 60.7 Å². The summed E-state index contributed by atoms with van der Waals surface area (Å²) in [5.74, 6) is -2.37. The maximum atomic E-state index is 15.4. The van der Waals surface area contributed by atoms with E-state index < -0.39 is 23.4 Å². The summed E-state index contributed by atoms with van der Waals surface area (Å²) in [6.45, 7) is 15.2. The van der Waals surface area contributed by atoms with Gasteiger partial charge in [-0.15, -0.1) is 0 Å². The molecule has 0 amide bonds. The number of aromatic nitrogens is 2. The molecule has 0 aliphatic heterocycles. The molecule has 0 fully saturated rings. The number of benzene rings is 1. The molecule has 2 rings (SSSR count). The van der Waals surface area contributed by atoms with E-state index in [1.165, 1.54) is 19.1 Å². The number of aliphatic imine (C=N–C) groups is 1. The molecule has 1 N–H and O–H groups in total. The molecule has 0 bridgehead atoms. The van der Waals surface area contributed by atoms with E-state index in [0.29, 0.717) is 11.3 Å². The zero-order valence-corrected chi connectivity index (χ0v) is 23.7. The van der Waals surface area contributed by atoms with Crippen molar-refractivity contribution < 1.29 is 28.1 Å². The van der Waals surface area contributed by atoms with Crippen molar-refractivity contribution in [2.24, 2.45) is 12.0 Å².